The summed E-state index contributed by atoms with van der Waals surface area (Å²) in [7, 11) is 0. The van der Waals surface area contributed by atoms with Crippen LogP contribution < -0.4 is 5.73 Å². The molecule has 2 aliphatic carbocycles. The van der Waals surface area contributed by atoms with Gasteiger partial charge in [0.05, 0.1) is 5.41 Å². The van der Waals surface area contributed by atoms with Crippen LogP contribution in [0.15, 0.2) is 145 Å². The maximum Gasteiger partial charge on any atom is 0.117 e. The van der Waals surface area contributed by atoms with Crippen LogP contribution in [-0.4, -0.2) is 0 Å². The Morgan fingerprint density at radius 1 is 0.651 bits per heavy atom. The Hall–Kier alpha value is -5.65. The van der Waals surface area contributed by atoms with E-state index in [9.17, 15) is 5.26 Å². The number of nitriles is 1. The predicted molar refractivity (Wildman–Crippen MR) is 177 cm³/mol. The third kappa shape index (κ3) is 3.46. The standard InChI is InChI=1S/C41H28N2/c1-2-26(23-31(43)25-42)28-11-9-12-29(22-28)30-18-20-35-39(24-30)41(38-21-19-27-10-3-4-13-32(27)40(35)38)36-16-7-5-14-33(36)34-15-6-8-17-37(34)41/h2-24H,43H2,1H3/b26-2+,31-23-. The lowest BCUT2D eigenvalue weighted by Gasteiger charge is -2.31. The third-order valence-electron chi connectivity index (χ3n) is 9.26. The lowest BCUT2D eigenvalue weighted by molar-refractivity contribution is 0.795. The molecule has 0 unspecified atom stereocenters. The zero-order valence-electron chi connectivity index (χ0n) is 23.8. The molecule has 1 spiro atoms. The molecule has 0 aromatic heterocycles. The van der Waals surface area contributed by atoms with Gasteiger partial charge in [0.1, 0.15) is 11.8 Å². The maximum atomic E-state index is 9.26. The zero-order chi connectivity index (χ0) is 29.1. The van der Waals surface area contributed by atoms with Gasteiger partial charge in [0.2, 0.25) is 0 Å². The zero-order valence-corrected chi connectivity index (χ0v) is 23.8. The van der Waals surface area contributed by atoms with Crippen LogP contribution in [0.4, 0.5) is 0 Å². The van der Waals surface area contributed by atoms with Gasteiger partial charge in [0, 0.05) is 0 Å². The number of fused-ring (bicyclic) bond motifs is 12. The molecule has 43 heavy (non-hydrogen) atoms. The van der Waals surface area contributed by atoms with Crippen molar-refractivity contribution < 1.29 is 0 Å². The number of hydrogen-bond donors (Lipinski definition) is 1. The number of allylic oxidation sites excluding steroid dienone is 4. The summed E-state index contributed by atoms with van der Waals surface area (Å²) in [4.78, 5) is 0. The first kappa shape index (κ1) is 25.1. The van der Waals surface area contributed by atoms with Crippen molar-refractivity contribution in [2.24, 2.45) is 5.73 Å². The van der Waals surface area contributed by atoms with Crippen LogP contribution in [-0.2, 0) is 5.41 Å². The Bertz CT molecular complexity index is 2180. The first-order chi connectivity index (χ1) is 21.1. The van der Waals surface area contributed by atoms with Crippen molar-refractivity contribution in [2.45, 2.75) is 12.3 Å². The molecule has 0 radical (unpaired) electrons. The van der Waals surface area contributed by atoms with E-state index < -0.39 is 5.41 Å². The fourth-order valence-electron chi connectivity index (χ4n) is 7.50. The number of benzene rings is 6. The smallest absolute Gasteiger partial charge is 0.117 e. The molecule has 0 heterocycles. The summed E-state index contributed by atoms with van der Waals surface area (Å²) in [6.45, 7) is 1.97. The van der Waals surface area contributed by atoms with Gasteiger partial charge in [0.25, 0.3) is 0 Å². The van der Waals surface area contributed by atoms with Crippen LogP contribution in [0.5, 0.6) is 0 Å². The highest BCUT2D eigenvalue weighted by molar-refractivity contribution is 6.06. The molecule has 0 amide bonds. The molecule has 2 heteroatoms. The van der Waals surface area contributed by atoms with E-state index in [1.54, 1.807) is 6.08 Å². The number of nitrogens with zero attached hydrogens (tertiary/aromatic N) is 1. The molecule has 202 valence electrons. The molecule has 0 bridgehead atoms. The van der Waals surface area contributed by atoms with Crippen LogP contribution in [0.2, 0.25) is 0 Å². The lowest BCUT2D eigenvalue weighted by Crippen LogP contribution is -2.25. The Balaban J connectivity index is 1.43. The fourth-order valence-corrected chi connectivity index (χ4v) is 7.50. The Morgan fingerprint density at radius 3 is 2.09 bits per heavy atom. The number of rotatable bonds is 3. The van der Waals surface area contributed by atoms with Gasteiger partial charge < -0.3 is 5.73 Å². The first-order valence-corrected chi connectivity index (χ1v) is 14.7. The van der Waals surface area contributed by atoms with E-state index in [1.807, 2.05) is 19.1 Å². The van der Waals surface area contributed by atoms with Crippen LogP contribution in [0.1, 0.15) is 34.7 Å². The number of hydrogen-bond acceptors (Lipinski definition) is 2. The molecule has 0 aliphatic heterocycles. The molecule has 8 rings (SSSR count). The summed E-state index contributed by atoms with van der Waals surface area (Å²) >= 11 is 0. The number of nitrogens with two attached hydrogens (primary N) is 1. The molecule has 2 aliphatic rings. The van der Waals surface area contributed by atoms with Crippen molar-refractivity contribution in [1.29, 1.82) is 5.26 Å². The van der Waals surface area contributed by atoms with E-state index in [1.165, 1.54) is 55.3 Å². The summed E-state index contributed by atoms with van der Waals surface area (Å²) in [5.41, 5.74) is 20.5. The average molecular weight is 549 g/mol. The quantitative estimate of drug-likeness (QED) is 0.176. The molecule has 6 aromatic rings. The summed E-state index contributed by atoms with van der Waals surface area (Å²) in [6.07, 6.45) is 3.74. The molecule has 2 nitrogen and oxygen atoms in total. The van der Waals surface area contributed by atoms with E-state index in [-0.39, 0.29) is 5.70 Å². The Morgan fingerprint density at radius 2 is 1.35 bits per heavy atom. The second-order valence-corrected chi connectivity index (χ2v) is 11.3. The van der Waals surface area contributed by atoms with Gasteiger partial charge in [-0.2, -0.15) is 5.26 Å². The lowest BCUT2D eigenvalue weighted by atomic mass is 9.70. The third-order valence-corrected chi connectivity index (χ3v) is 9.26. The van der Waals surface area contributed by atoms with Gasteiger partial charge in [0.15, 0.2) is 0 Å². The molecule has 0 saturated heterocycles. The molecule has 6 aromatic carbocycles. The maximum absolute atomic E-state index is 9.26. The molecule has 0 fully saturated rings. The largest absolute Gasteiger partial charge is 0.390 e. The van der Waals surface area contributed by atoms with Gasteiger partial charge in [-0.1, -0.05) is 121 Å². The van der Waals surface area contributed by atoms with Crippen LogP contribution in [0, 0.1) is 11.3 Å². The molecule has 2 N–H and O–H groups in total. The van der Waals surface area contributed by atoms with E-state index >= 15 is 0 Å². The van der Waals surface area contributed by atoms with Gasteiger partial charge in [-0.3, -0.25) is 0 Å². The first-order valence-electron chi connectivity index (χ1n) is 14.7. The van der Waals surface area contributed by atoms with E-state index in [0.29, 0.717) is 0 Å². The van der Waals surface area contributed by atoms with E-state index in [4.69, 9.17) is 5.73 Å². The highest BCUT2D eigenvalue weighted by Crippen LogP contribution is 2.64. The normalized spacial score (nSPS) is 14.2. The molecular weight excluding hydrogens is 520 g/mol. The van der Waals surface area contributed by atoms with Gasteiger partial charge in [-0.15, -0.1) is 0 Å². The summed E-state index contributed by atoms with van der Waals surface area (Å²) in [5, 5.41) is 11.8. The van der Waals surface area contributed by atoms with Crippen molar-refractivity contribution >= 4 is 16.3 Å². The van der Waals surface area contributed by atoms with Crippen LogP contribution in [0.25, 0.3) is 49.7 Å². The van der Waals surface area contributed by atoms with Crippen molar-refractivity contribution in [3.8, 4) is 39.4 Å². The minimum Gasteiger partial charge on any atom is -0.390 e. The predicted octanol–water partition coefficient (Wildman–Crippen LogP) is 9.62. The minimum atomic E-state index is -0.409. The van der Waals surface area contributed by atoms with E-state index in [2.05, 4.69) is 127 Å². The fraction of sp³-hybridized carbons (Fsp3) is 0.0488. The highest BCUT2D eigenvalue weighted by Gasteiger charge is 2.52. The Kier molecular flexibility index (Phi) is 5.51. The summed E-state index contributed by atoms with van der Waals surface area (Å²) in [6, 6.07) is 48.8. The van der Waals surface area contributed by atoms with Crippen LogP contribution >= 0.6 is 0 Å². The highest BCUT2D eigenvalue weighted by atomic mass is 14.6. The van der Waals surface area contributed by atoms with Gasteiger partial charge in [-0.25, -0.2) is 0 Å². The van der Waals surface area contributed by atoms with Crippen molar-refractivity contribution in [3.05, 3.63) is 173 Å². The van der Waals surface area contributed by atoms with Crippen molar-refractivity contribution in [1.82, 2.24) is 0 Å². The summed E-state index contributed by atoms with van der Waals surface area (Å²) < 4.78 is 0. The average Bonchev–Trinajstić information content (AvgIpc) is 3.54. The second-order valence-electron chi connectivity index (χ2n) is 11.3. The molecule has 0 saturated carbocycles. The van der Waals surface area contributed by atoms with E-state index in [0.717, 1.165) is 22.3 Å². The minimum absolute atomic E-state index is 0.196. The Labute approximate surface area is 251 Å². The summed E-state index contributed by atoms with van der Waals surface area (Å²) in [5.74, 6) is 0. The topological polar surface area (TPSA) is 49.8 Å². The van der Waals surface area contributed by atoms with Crippen molar-refractivity contribution in [3.63, 3.8) is 0 Å². The van der Waals surface area contributed by atoms with Gasteiger partial charge in [-0.05, 0) is 103 Å². The van der Waals surface area contributed by atoms with Crippen molar-refractivity contribution in [2.75, 3.05) is 0 Å². The van der Waals surface area contributed by atoms with Crippen LogP contribution in [0.3, 0.4) is 0 Å². The molecular formula is C41H28N2. The SMILES string of the molecule is C/C=C(\C=C(/N)C#N)c1cccc(-c2ccc3c(c2)C2(c4ccccc4-c4ccccc42)c2ccc4ccccc4c2-3)c1. The molecule has 0 atom stereocenters. The second kappa shape index (κ2) is 9.44. The van der Waals surface area contributed by atoms with Gasteiger partial charge >= 0.3 is 0 Å². The monoisotopic (exact) mass is 548 g/mol.